The van der Waals surface area contributed by atoms with Crippen LogP contribution in [0.5, 0.6) is 5.75 Å². The van der Waals surface area contributed by atoms with Crippen molar-refractivity contribution in [3.05, 3.63) is 45.9 Å². The number of carbonyl (C=O) groups excluding carboxylic acids is 2. The van der Waals surface area contributed by atoms with Crippen molar-refractivity contribution < 1.29 is 22.7 Å². The maximum Gasteiger partial charge on any atom is 0.265 e. The largest absolute Gasteiger partial charge is 0.479 e. The fourth-order valence-corrected chi connectivity index (χ4v) is 5.04. The molecule has 1 fully saturated rings. The topological polar surface area (TPSA) is 114 Å². The molecule has 2 aromatic rings. The summed E-state index contributed by atoms with van der Waals surface area (Å²) in [7, 11) is -3.88. The van der Waals surface area contributed by atoms with E-state index in [1.54, 1.807) is 19.1 Å². The average molecular weight is 470 g/mol. The van der Waals surface area contributed by atoms with Crippen LogP contribution in [-0.4, -0.2) is 32.4 Å². The summed E-state index contributed by atoms with van der Waals surface area (Å²) >= 11 is 12.2. The van der Waals surface area contributed by atoms with Gasteiger partial charge in [0.1, 0.15) is 10.6 Å². The van der Waals surface area contributed by atoms with Gasteiger partial charge in [-0.25, -0.2) is 13.1 Å². The molecule has 0 unspecified atom stereocenters. The number of fused-ring (bicyclic) bond motifs is 1. The number of ether oxygens (including phenoxy) is 1. The molecule has 0 saturated heterocycles. The number of benzene rings is 2. The number of carbonyl (C=O) groups is 2. The Morgan fingerprint density at radius 2 is 1.90 bits per heavy atom. The molecule has 2 aliphatic rings. The molecule has 30 heavy (non-hydrogen) atoms. The maximum atomic E-state index is 12.8. The second-order valence-corrected chi connectivity index (χ2v) is 9.57. The van der Waals surface area contributed by atoms with E-state index in [2.05, 4.69) is 15.4 Å². The lowest BCUT2D eigenvalue weighted by atomic mass is 10.1. The van der Waals surface area contributed by atoms with Gasteiger partial charge in [-0.15, -0.1) is 0 Å². The zero-order chi connectivity index (χ0) is 21.6. The van der Waals surface area contributed by atoms with Crippen LogP contribution < -0.4 is 20.1 Å². The van der Waals surface area contributed by atoms with Gasteiger partial charge in [0.05, 0.1) is 21.3 Å². The number of halogens is 2. The van der Waals surface area contributed by atoms with Gasteiger partial charge in [-0.2, -0.15) is 0 Å². The third-order valence-corrected chi connectivity index (χ3v) is 6.92. The number of amides is 2. The zero-order valence-corrected chi connectivity index (χ0v) is 18.0. The van der Waals surface area contributed by atoms with Crippen LogP contribution in [0.3, 0.4) is 0 Å². The molecular formula is C19H17Cl2N3O5S. The van der Waals surface area contributed by atoms with E-state index in [1.807, 2.05) is 0 Å². The lowest BCUT2D eigenvalue weighted by Crippen LogP contribution is -2.34. The van der Waals surface area contributed by atoms with Crippen molar-refractivity contribution in [1.29, 1.82) is 0 Å². The molecule has 158 valence electrons. The SMILES string of the molecule is C[C@H]1Oc2ccc(NC(=O)c3cc(S(=O)(=O)NC4CC4)c(Cl)cc3Cl)cc2NC1=O. The zero-order valence-electron chi connectivity index (χ0n) is 15.7. The highest BCUT2D eigenvalue weighted by atomic mass is 35.5. The fraction of sp³-hybridized carbons (Fsp3) is 0.263. The number of sulfonamides is 1. The van der Waals surface area contributed by atoms with Gasteiger partial charge in [0, 0.05) is 11.7 Å². The smallest absolute Gasteiger partial charge is 0.265 e. The fourth-order valence-electron chi connectivity index (χ4n) is 2.88. The van der Waals surface area contributed by atoms with Crippen LogP contribution in [0.25, 0.3) is 0 Å². The van der Waals surface area contributed by atoms with Gasteiger partial charge >= 0.3 is 0 Å². The molecule has 0 spiro atoms. The molecule has 0 bridgehead atoms. The van der Waals surface area contributed by atoms with Gasteiger partial charge < -0.3 is 15.4 Å². The minimum atomic E-state index is -3.88. The van der Waals surface area contributed by atoms with Gasteiger partial charge in [0.25, 0.3) is 11.8 Å². The Hall–Kier alpha value is -2.33. The Morgan fingerprint density at radius 3 is 2.60 bits per heavy atom. The monoisotopic (exact) mass is 469 g/mol. The molecule has 11 heteroatoms. The van der Waals surface area contributed by atoms with Crippen LogP contribution in [0.4, 0.5) is 11.4 Å². The molecule has 2 aromatic carbocycles. The van der Waals surface area contributed by atoms with Crippen LogP contribution >= 0.6 is 23.2 Å². The van der Waals surface area contributed by atoms with Crippen molar-refractivity contribution >= 4 is 56.4 Å². The van der Waals surface area contributed by atoms with Crippen molar-refractivity contribution in [3.8, 4) is 5.75 Å². The molecule has 4 rings (SSSR count). The average Bonchev–Trinajstić information content (AvgIpc) is 3.46. The first-order valence-electron chi connectivity index (χ1n) is 9.08. The Morgan fingerprint density at radius 1 is 1.17 bits per heavy atom. The lowest BCUT2D eigenvalue weighted by molar-refractivity contribution is -0.122. The summed E-state index contributed by atoms with van der Waals surface area (Å²) in [5, 5.41) is 5.26. The first-order valence-corrected chi connectivity index (χ1v) is 11.3. The molecule has 1 aliphatic heterocycles. The Labute approximate surface area is 182 Å². The van der Waals surface area contributed by atoms with Crippen LogP contribution in [0.2, 0.25) is 10.0 Å². The number of anilines is 2. The van der Waals surface area contributed by atoms with Crippen LogP contribution in [-0.2, 0) is 14.8 Å². The van der Waals surface area contributed by atoms with Gasteiger partial charge in [-0.05, 0) is 50.1 Å². The quantitative estimate of drug-likeness (QED) is 0.620. The summed E-state index contributed by atoms with van der Waals surface area (Å²) in [5.74, 6) is -0.454. The summed E-state index contributed by atoms with van der Waals surface area (Å²) in [6.07, 6.45) is 0.903. The van der Waals surface area contributed by atoms with Crippen LogP contribution in [0, 0.1) is 0 Å². The predicted octanol–water partition coefficient (Wildman–Crippen LogP) is 3.41. The van der Waals surface area contributed by atoms with Gasteiger partial charge in [-0.1, -0.05) is 23.2 Å². The van der Waals surface area contributed by atoms with E-state index in [9.17, 15) is 18.0 Å². The first kappa shape index (κ1) is 20.9. The highest BCUT2D eigenvalue weighted by molar-refractivity contribution is 7.89. The second kappa shape index (κ2) is 7.73. The number of hydrogen-bond acceptors (Lipinski definition) is 5. The molecule has 1 saturated carbocycles. The van der Waals surface area contributed by atoms with E-state index in [1.165, 1.54) is 12.1 Å². The molecule has 3 N–H and O–H groups in total. The summed E-state index contributed by atoms with van der Waals surface area (Å²) < 4.78 is 33.1. The van der Waals surface area contributed by atoms with Crippen LogP contribution in [0.1, 0.15) is 30.1 Å². The molecule has 2 amide bonds. The summed E-state index contributed by atoms with van der Waals surface area (Å²) in [5.41, 5.74) is 0.725. The van der Waals surface area contributed by atoms with Crippen molar-refractivity contribution in [1.82, 2.24) is 4.72 Å². The van der Waals surface area contributed by atoms with E-state index < -0.39 is 22.0 Å². The van der Waals surface area contributed by atoms with E-state index >= 15 is 0 Å². The molecule has 1 heterocycles. The third-order valence-electron chi connectivity index (χ3n) is 4.62. The van der Waals surface area contributed by atoms with Crippen molar-refractivity contribution in [2.24, 2.45) is 0 Å². The molecule has 1 atom stereocenters. The number of nitrogens with one attached hydrogen (secondary N) is 3. The van der Waals surface area contributed by atoms with E-state index in [4.69, 9.17) is 27.9 Å². The standard InChI is InChI=1S/C19H17Cl2N3O5S/c1-9-18(25)23-15-6-11(4-5-16(15)29-9)22-19(26)12-7-17(14(21)8-13(12)20)30(27,28)24-10-2-3-10/h4-10,24H,2-3H2,1H3,(H,22,26)(H,23,25)/t9-/m1/s1. The molecule has 0 aromatic heterocycles. The van der Waals surface area contributed by atoms with Crippen molar-refractivity contribution in [3.63, 3.8) is 0 Å². The van der Waals surface area contributed by atoms with Gasteiger partial charge in [-0.3, -0.25) is 9.59 Å². The summed E-state index contributed by atoms with van der Waals surface area (Å²) in [4.78, 5) is 24.3. The van der Waals surface area contributed by atoms with Crippen molar-refractivity contribution in [2.45, 2.75) is 36.8 Å². The summed E-state index contributed by atoms with van der Waals surface area (Å²) in [6, 6.07) is 7.00. The molecule has 0 radical (unpaired) electrons. The minimum absolute atomic E-state index is 0.00583. The Balaban J connectivity index is 1.60. The predicted molar refractivity (Wildman–Crippen MR) is 113 cm³/mol. The Bertz CT molecular complexity index is 1170. The van der Waals surface area contributed by atoms with E-state index in [-0.39, 0.29) is 32.5 Å². The lowest BCUT2D eigenvalue weighted by Gasteiger charge is -2.23. The van der Waals surface area contributed by atoms with Crippen LogP contribution in [0.15, 0.2) is 35.2 Å². The maximum absolute atomic E-state index is 12.8. The minimum Gasteiger partial charge on any atom is -0.479 e. The van der Waals surface area contributed by atoms with E-state index in [0.717, 1.165) is 18.9 Å². The highest BCUT2D eigenvalue weighted by Crippen LogP contribution is 2.34. The Kier molecular flexibility index (Phi) is 5.39. The third kappa shape index (κ3) is 4.24. The highest BCUT2D eigenvalue weighted by Gasteiger charge is 2.30. The van der Waals surface area contributed by atoms with Crippen molar-refractivity contribution in [2.75, 3.05) is 10.6 Å². The second-order valence-electron chi connectivity index (χ2n) is 7.07. The summed E-state index contributed by atoms with van der Waals surface area (Å²) in [6.45, 7) is 1.63. The molecular weight excluding hydrogens is 453 g/mol. The van der Waals surface area contributed by atoms with Gasteiger partial charge in [0.15, 0.2) is 6.10 Å². The molecule has 8 nitrogen and oxygen atoms in total. The molecule has 1 aliphatic carbocycles. The first-order chi connectivity index (χ1) is 14.1. The van der Waals surface area contributed by atoms with Gasteiger partial charge in [0.2, 0.25) is 10.0 Å². The normalized spacial score (nSPS) is 18.2. The van der Waals surface area contributed by atoms with E-state index in [0.29, 0.717) is 17.1 Å². The number of hydrogen-bond donors (Lipinski definition) is 3. The number of rotatable bonds is 5.